The maximum absolute atomic E-state index is 10.4. The zero-order valence-electron chi connectivity index (χ0n) is 9.41. The van der Waals surface area contributed by atoms with Gasteiger partial charge in [0.1, 0.15) is 5.75 Å². The molecule has 0 unspecified atom stereocenters. The third-order valence-electron chi connectivity index (χ3n) is 3.26. The van der Waals surface area contributed by atoms with Crippen LogP contribution in [0.3, 0.4) is 0 Å². The van der Waals surface area contributed by atoms with Gasteiger partial charge in [-0.25, -0.2) is 0 Å². The normalized spacial score (nSPS) is 22.6. The average Bonchev–Trinajstić information content (AvgIpc) is 2.40. The molecule has 17 heavy (non-hydrogen) atoms. The van der Waals surface area contributed by atoms with Crippen molar-refractivity contribution >= 4 is 0 Å². The standard InChI is InChI=1S/C15H14O2/c16-15-12-8-4-5-9-14(12)17-10-13(15)11-6-2-1-3-7-11/h1-9,13,15-16H,10H2/t13-,15-/m1/s1. The molecule has 1 aliphatic heterocycles. The number of benzene rings is 2. The van der Waals surface area contributed by atoms with E-state index in [1.165, 1.54) is 0 Å². The summed E-state index contributed by atoms with van der Waals surface area (Å²) in [6.07, 6.45) is -0.484. The molecule has 0 amide bonds. The van der Waals surface area contributed by atoms with Gasteiger partial charge in [0.25, 0.3) is 0 Å². The molecular weight excluding hydrogens is 212 g/mol. The molecule has 0 saturated carbocycles. The highest BCUT2D eigenvalue weighted by Crippen LogP contribution is 2.39. The van der Waals surface area contributed by atoms with Crippen LogP contribution in [0.25, 0.3) is 0 Å². The fourth-order valence-corrected chi connectivity index (χ4v) is 2.32. The van der Waals surface area contributed by atoms with E-state index in [0.717, 1.165) is 16.9 Å². The Balaban J connectivity index is 1.97. The predicted octanol–water partition coefficient (Wildman–Crippen LogP) is 2.90. The lowest BCUT2D eigenvalue weighted by Gasteiger charge is -2.30. The fourth-order valence-electron chi connectivity index (χ4n) is 2.32. The zero-order chi connectivity index (χ0) is 11.7. The summed E-state index contributed by atoms with van der Waals surface area (Å²) >= 11 is 0. The number of hydrogen-bond donors (Lipinski definition) is 1. The number of aliphatic hydroxyl groups is 1. The van der Waals surface area contributed by atoms with Crippen LogP contribution in [0.4, 0.5) is 0 Å². The Hall–Kier alpha value is -1.80. The Morgan fingerprint density at radius 2 is 1.65 bits per heavy atom. The van der Waals surface area contributed by atoms with Crippen molar-refractivity contribution in [2.75, 3.05) is 6.61 Å². The summed E-state index contributed by atoms with van der Waals surface area (Å²) in [6.45, 7) is 0.530. The van der Waals surface area contributed by atoms with Crippen LogP contribution in [0.1, 0.15) is 23.1 Å². The number of fused-ring (bicyclic) bond motifs is 1. The van der Waals surface area contributed by atoms with Gasteiger partial charge in [-0.2, -0.15) is 0 Å². The van der Waals surface area contributed by atoms with E-state index in [4.69, 9.17) is 4.74 Å². The molecular formula is C15H14O2. The molecule has 2 atom stereocenters. The summed E-state index contributed by atoms with van der Waals surface area (Å²) in [5.74, 6) is 0.818. The first-order valence-electron chi connectivity index (χ1n) is 5.81. The van der Waals surface area contributed by atoms with Gasteiger partial charge in [0.2, 0.25) is 0 Å². The van der Waals surface area contributed by atoms with Gasteiger partial charge in [0, 0.05) is 11.5 Å². The second-order valence-electron chi connectivity index (χ2n) is 4.31. The Morgan fingerprint density at radius 1 is 0.941 bits per heavy atom. The molecule has 0 saturated heterocycles. The Kier molecular flexibility index (Phi) is 2.57. The minimum absolute atomic E-state index is 0.0195. The van der Waals surface area contributed by atoms with E-state index in [-0.39, 0.29) is 5.92 Å². The summed E-state index contributed by atoms with van der Waals surface area (Å²) in [4.78, 5) is 0. The molecule has 2 heteroatoms. The Bertz CT molecular complexity index is 507. The van der Waals surface area contributed by atoms with E-state index >= 15 is 0 Å². The molecule has 86 valence electrons. The zero-order valence-corrected chi connectivity index (χ0v) is 9.41. The van der Waals surface area contributed by atoms with Crippen molar-refractivity contribution in [1.82, 2.24) is 0 Å². The van der Waals surface area contributed by atoms with Crippen molar-refractivity contribution < 1.29 is 9.84 Å². The van der Waals surface area contributed by atoms with Gasteiger partial charge in [-0.3, -0.25) is 0 Å². The molecule has 2 aromatic carbocycles. The highest BCUT2D eigenvalue weighted by Gasteiger charge is 2.29. The van der Waals surface area contributed by atoms with Crippen LogP contribution >= 0.6 is 0 Å². The summed E-state index contributed by atoms with van der Waals surface area (Å²) < 4.78 is 5.70. The SMILES string of the molecule is O[C@@H]1c2ccccc2OC[C@@H]1c1ccccc1. The van der Waals surface area contributed by atoms with Gasteiger partial charge >= 0.3 is 0 Å². The molecule has 0 aromatic heterocycles. The number of aliphatic hydroxyl groups excluding tert-OH is 1. The van der Waals surface area contributed by atoms with Crippen molar-refractivity contribution in [2.45, 2.75) is 12.0 Å². The van der Waals surface area contributed by atoms with Gasteiger partial charge in [0.05, 0.1) is 12.7 Å². The topological polar surface area (TPSA) is 29.5 Å². The first kappa shape index (κ1) is 10.4. The van der Waals surface area contributed by atoms with Crippen LogP contribution < -0.4 is 4.74 Å². The van der Waals surface area contributed by atoms with Gasteiger partial charge in [-0.15, -0.1) is 0 Å². The first-order valence-corrected chi connectivity index (χ1v) is 5.81. The first-order chi connectivity index (χ1) is 8.36. The van der Waals surface area contributed by atoms with Crippen LogP contribution in [0.15, 0.2) is 54.6 Å². The van der Waals surface area contributed by atoms with Crippen LogP contribution in [-0.2, 0) is 0 Å². The van der Waals surface area contributed by atoms with Gasteiger partial charge < -0.3 is 9.84 Å². The van der Waals surface area contributed by atoms with Crippen LogP contribution in [-0.4, -0.2) is 11.7 Å². The van der Waals surface area contributed by atoms with Crippen molar-refractivity contribution in [3.8, 4) is 5.75 Å². The summed E-state index contributed by atoms with van der Waals surface area (Å²) in [6, 6.07) is 17.7. The number of hydrogen-bond acceptors (Lipinski definition) is 2. The molecule has 2 aromatic rings. The molecule has 3 rings (SSSR count). The van der Waals surface area contributed by atoms with Gasteiger partial charge in [0.15, 0.2) is 0 Å². The molecule has 1 aliphatic rings. The van der Waals surface area contributed by atoms with Crippen LogP contribution in [0.2, 0.25) is 0 Å². The molecule has 0 spiro atoms. The minimum Gasteiger partial charge on any atom is -0.492 e. The number of para-hydroxylation sites is 1. The second-order valence-corrected chi connectivity index (χ2v) is 4.31. The lowest BCUT2D eigenvalue weighted by molar-refractivity contribution is 0.0890. The largest absolute Gasteiger partial charge is 0.492 e. The van der Waals surface area contributed by atoms with Gasteiger partial charge in [-0.05, 0) is 11.6 Å². The van der Waals surface area contributed by atoms with Crippen molar-refractivity contribution in [2.24, 2.45) is 0 Å². The number of ether oxygens (including phenoxy) is 1. The molecule has 1 N–H and O–H groups in total. The lowest BCUT2D eigenvalue weighted by Crippen LogP contribution is -2.24. The van der Waals surface area contributed by atoms with Crippen LogP contribution in [0.5, 0.6) is 5.75 Å². The number of rotatable bonds is 1. The Morgan fingerprint density at radius 3 is 2.47 bits per heavy atom. The minimum atomic E-state index is -0.484. The van der Waals surface area contributed by atoms with Gasteiger partial charge in [-0.1, -0.05) is 48.5 Å². The Labute approximate surface area is 100 Å². The average molecular weight is 226 g/mol. The van der Waals surface area contributed by atoms with E-state index < -0.39 is 6.10 Å². The maximum Gasteiger partial charge on any atom is 0.125 e. The van der Waals surface area contributed by atoms with Crippen molar-refractivity contribution in [1.29, 1.82) is 0 Å². The quantitative estimate of drug-likeness (QED) is 0.810. The molecule has 0 bridgehead atoms. The predicted molar refractivity (Wildman–Crippen MR) is 66.1 cm³/mol. The highest BCUT2D eigenvalue weighted by atomic mass is 16.5. The summed E-state index contributed by atoms with van der Waals surface area (Å²) in [7, 11) is 0. The maximum atomic E-state index is 10.4. The molecule has 0 radical (unpaired) electrons. The molecule has 0 aliphatic carbocycles. The van der Waals surface area contributed by atoms with Crippen molar-refractivity contribution in [3.63, 3.8) is 0 Å². The third-order valence-corrected chi connectivity index (χ3v) is 3.26. The fraction of sp³-hybridized carbons (Fsp3) is 0.200. The highest BCUT2D eigenvalue weighted by molar-refractivity contribution is 5.40. The van der Waals surface area contributed by atoms with E-state index in [1.54, 1.807) is 0 Å². The summed E-state index contributed by atoms with van der Waals surface area (Å²) in [5.41, 5.74) is 2.00. The van der Waals surface area contributed by atoms with E-state index in [0.29, 0.717) is 6.61 Å². The third kappa shape index (κ3) is 1.81. The summed E-state index contributed by atoms with van der Waals surface area (Å²) in [5, 5.41) is 10.4. The van der Waals surface area contributed by atoms with E-state index in [1.807, 2.05) is 54.6 Å². The smallest absolute Gasteiger partial charge is 0.125 e. The van der Waals surface area contributed by atoms with E-state index in [9.17, 15) is 5.11 Å². The molecule has 0 fully saturated rings. The van der Waals surface area contributed by atoms with Crippen molar-refractivity contribution in [3.05, 3.63) is 65.7 Å². The van der Waals surface area contributed by atoms with Crippen LogP contribution in [0, 0.1) is 0 Å². The lowest BCUT2D eigenvalue weighted by atomic mass is 9.88. The molecule has 1 heterocycles. The molecule has 2 nitrogen and oxygen atoms in total. The van der Waals surface area contributed by atoms with E-state index in [2.05, 4.69) is 0 Å². The second kappa shape index (κ2) is 4.22. The monoisotopic (exact) mass is 226 g/mol.